The molecule has 0 saturated heterocycles. The Bertz CT molecular complexity index is 743. The Morgan fingerprint density at radius 1 is 1.32 bits per heavy atom. The molecule has 0 saturated carbocycles. The third-order valence-electron chi connectivity index (χ3n) is 2.99. The lowest BCUT2D eigenvalue weighted by atomic mass is 10.0. The van der Waals surface area contributed by atoms with Crippen LogP contribution in [-0.4, -0.2) is 15.8 Å². The lowest BCUT2D eigenvalue weighted by Crippen LogP contribution is -2.04. The van der Waals surface area contributed by atoms with Crippen molar-refractivity contribution in [3.05, 3.63) is 58.3 Å². The van der Waals surface area contributed by atoms with Gasteiger partial charge < -0.3 is 0 Å². The number of ketones is 1. The second-order valence-corrected chi connectivity index (χ2v) is 5.42. The van der Waals surface area contributed by atoms with Gasteiger partial charge in [0.1, 0.15) is 0 Å². The minimum absolute atomic E-state index is 0.0992. The number of Topliss-reactive ketones (excluding diaryl/α,β-unsaturated/α-hetero) is 1. The molecule has 4 heteroatoms. The maximum absolute atomic E-state index is 12.4. The number of pyridine rings is 1. The zero-order valence-corrected chi connectivity index (χ0v) is 11.3. The van der Waals surface area contributed by atoms with Crippen LogP contribution in [0, 0.1) is 6.92 Å². The number of thiazole rings is 1. The largest absolute Gasteiger partial charge is 0.294 e. The molecule has 0 bridgehead atoms. The van der Waals surface area contributed by atoms with Gasteiger partial charge in [0.2, 0.25) is 0 Å². The van der Waals surface area contributed by atoms with Crippen molar-refractivity contribution >= 4 is 27.9 Å². The van der Waals surface area contributed by atoms with Crippen molar-refractivity contribution in [3.8, 4) is 0 Å². The van der Waals surface area contributed by atoms with E-state index in [0.29, 0.717) is 6.42 Å². The molecule has 1 aromatic carbocycles. The summed E-state index contributed by atoms with van der Waals surface area (Å²) in [4.78, 5) is 20.8. The molecule has 19 heavy (non-hydrogen) atoms. The van der Waals surface area contributed by atoms with Crippen molar-refractivity contribution in [1.29, 1.82) is 0 Å². The number of carbonyl (C=O) groups excluding carboxylic acids is 1. The minimum atomic E-state index is 0.0992. The van der Waals surface area contributed by atoms with Crippen molar-refractivity contribution in [3.63, 3.8) is 0 Å². The Hall–Kier alpha value is -2.07. The Morgan fingerprint density at radius 3 is 3.00 bits per heavy atom. The molecule has 3 aromatic rings. The molecule has 0 amide bonds. The number of benzene rings is 1. The normalized spacial score (nSPS) is 10.8. The van der Waals surface area contributed by atoms with Crippen LogP contribution in [-0.2, 0) is 6.42 Å². The Morgan fingerprint density at radius 2 is 2.21 bits per heavy atom. The van der Waals surface area contributed by atoms with Crippen molar-refractivity contribution in [2.45, 2.75) is 13.3 Å². The zero-order valence-electron chi connectivity index (χ0n) is 10.5. The first-order valence-electron chi connectivity index (χ1n) is 6.01. The molecule has 3 rings (SSSR count). The van der Waals surface area contributed by atoms with Crippen LogP contribution in [0.4, 0.5) is 0 Å². The van der Waals surface area contributed by atoms with E-state index in [1.807, 2.05) is 36.6 Å². The molecule has 0 unspecified atom stereocenters. The molecule has 0 spiro atoms. The van der Waals surface area contributed by atoms with E-state index in [1.54, 1.807) is 23.7 Å². The Balaban J connectivity index is 1.97. The molecule has 94 valence electrons. The van der Waals surface area contributed by atoms with E-state index in [2.05, 4.69) is 9.97 Å². The molecule has 0 aliphatic carbocycles. The summed E-state index contributed by atoms with van der Waals surface area (Å²) < 4.78 is 0. The van der Waals surface area contributed by atoms with Crippen LogP contribution in [0.5, 0.6) is 0 Å². The smallest absolute Gasteiger partial charge is 0.169 e. The summed E-state index contributed by atoms with van der Waals surface area (Å²) in [5, 5.41) is 4.88. The number of fused-ring (bicyclic) bond motifs is 1. The molecule has 0 N–H and O–H groups in total. The highest BCUT2D eigenvalue weighted by Gasteiger charge is 2.12. The highest BCUT2D eigenvalue weighted by atomic mass is 32.1. The summed E-state index contributed by atoms with van der Waals surface area (Å²) in [6, 6.07) is 7.61. The Labute approximate surface area is 115 Å². The van der Waals surface area contributed by atoms with E-state index >= 15 is 0 Å². The first kappa shape index (κ1) is 12.0. The van der Waals surface area contributed by atoms with Crippen molar-refractivity contribution in [1.82, 2.24) is 9.97 Å². The van der Waals surface area contributed by atoms with Crippen LogP contribution in [0.25, 0.3) is 10.8 Å². The van der Waals surface area contributed by atoms with Crippen LogP contribution in [0.3, 0.4) is 0 Å². The minimum Gasteiger partial charge on any atom is -0.294 e. The van der Waals surface area contributed by atoms with Crippen LogP contribution >= 0.6 is 11.3 Å². The number of aryl methyl sites for hydroxylation is 1. The van der Waals surface area contributed by atoms with E-state index in [4.69, 9.17) is 0 Å². The number of hydrogen-bond acceptors (Lipinski definition) is 4. The van der Waals surface area contributed by atoms with E-state index in [1.165, 1.54) is 0 Å². The van der Waals surface area contributed by atoms with Crippen LogP contribution in [0.1, 0.15) is 21.1 Å². The lowest BCUT2D eigenvalue weighted by molar-refractivity contribution is 0.0993. The van der Waals surface area contributed by atoms with Crippen LogP contribution < -0.4 is 0 Å². The highest BCUT2D eigenvalue weighted by Crippen LogP contribution is 2.19. The van der Waals surface area contributed by atoms with Gasteiger partial charge in [-0.25, -0.2) is 4.98 Å². The van der Waals surface area contributed by atoms with Gasteiger partial charge in [-0.3, -0.25) is 9.78 Å². The van der Waals surface area contributed by atoms with Gasteiger partial charge in [-0.15, -0.1) is 11.3 Å². The van der Waals surface area contributed by atoms with E-state index in [0.717, 1.165) is 27.0 Å². The average molecular weight is 268 g/mol. The summed E-state index contributed by atoms with van der Waals surface area (Å²) in [7, 11) is 0. The van der Waals surface area contributed by atoms with Gasteiger partial charge in [-0.2, -0.15) is 0 Å². The highest BCUT2D eigenvalue weighted by molar-refractivity contribution is 7.09. The second-order valence-electron chi connectivity index (χ2n) is 4.36. The van der Waals surface area contributed by atoms with Crippen molar-refractivity contribution in [2.75, 3.05) is 0 Å². The monoisotopic (exact) mass is 268 g/mol. The maximum Gasteiger partial charge on any atom is 0.169 e. The lowest BCUT2D eigenvalue weighted by Gasteiger charge is -2.04. The van der Waals surface area contributed by atoms with Crippen LogP contribution in [0.15, 0.2) is 42.0 Å². The van der Waals surface area contributed by atoms with Gasteiger partial charge >= 0.3 is 0 Å². The van der Waals surface area contributed by atoms with Gasteiger partial charge in [0, 0.05) is 28.7 Å². The fraction of sp³-hybridized carbons (Fsp3) is 0.133. The van der Waals surface area contributed by atoms with Crippen LogP contribution in [0.2, 0.25) is 0 Å². The summed E-state index contributed by atoms with van der Waals surface area (Å²) in [6.45, 7) is 1.95. The summed E-state index contributed by atoms with van der Waals surface area (Å²) >= 11 is 1.57. The molecule has 2 aromatic heterocycles. The predicted octanol–water partition coefficient (Wildman–Crippen LogP) is 3.43. The molecular weight excluding hydrogens is 256 g/mol. The van der Waals surface area contributed by atoms with Gasteiger partial charge in [0.05, 0.1) is 17.1 Å². The number of carbonyl (C=O) groups is 1. The van der Waals surface area contributed by atoms with E-state index in [9.17, 15) is 4.79 Å². The first-order valence-corrected chi connectivity index (χ1v) is 6.89. The molecule has 2 heterocycles. The summed E-state index contributed by atoms with van der Waals surface area (Å²) in [5.74, 6) is 0.0992. The molecule has 0 aliphatic rings. The van der Waals surface area contributed by atoms with E-state index in [-0.39, 0.29) is 5.78 Å². The molecular formula is C15H12N2OS. The average Bonchev–Trinajstić information content (AvgIpc) is 2.83. The molecule has 0 atom stereocenters. The van der Waals surface area contributed by atoms with Gasteiger partial charge in [-0.1, -0.05) is 18.2 Å². The predicted molar refractivity (Wildman–Crippen MR) is 76.6 cm³/mol. The van der Waals surface area contributed by atoms with Gasteiger partial charge in [-0.05, 0) is 18.4 Å². The zero-order chi connectivity index (χ0) is 13.2. The topological polar surface area (TPSA) is 42.9 Å². The fourth-order valence-corrected chi connectivity index (χ4v) is 2.73. The van der Waals surface area contributed by atoms with E-state index < -0.39 is 0 Å². The summed E-state index contributed by atoms with van der Waals surface area (Å²) in [6.07, 6.45) is 3.84. The second kappa shape index (κ2) is 4.90. The third-order valence-corrected chi connectivity index (χ3v) is 3.81. The van der Waals surface area contributed by atoms with Crippen molar-refractivity contribution < 1.29 is 4.79 Å². The standard InChI is InChI=1S/C15H12N2OS/c1-10-17-12(9-19-10)7-15(18)14-4-2-3-11-8-16-6-5-13(11)14/h2-6,8-9H,7H2,1H3. The van der Waals surface area contributed by atoms with Gasteiger partial charge in [0.25, 0.3) is 0 Å². The van der Waals surface area contributed by atoms with Gasteiger partial charge in [0.15, 0.2) is 5.78 Å². The number of nitrogens with zero attached hydrogens (tertiary/aromatic N) is 2. The SMILES string of the molecule is Cc1nc(CC(=O)c2cccc3cnccc23)cs1. The molecule has 0 fully saturated rings. The number of aromatic nitrogens is 2. The summed E-state index contributed by atoms with van der Waals surface area (Å²) in [5.41, 5.74) is 1.59. The molecule has 3 nitrogen and oxygen atoms in total. The molecule has 0 aliphatic heterocycles. The third kappa shape index (κ3) is 2.39. The Kier molecular flexibility index (Phi) is 3.09. The molecule has 0 radical (unpaired) electrons. The van der Waals surface area contributed by atoms with Crippen molar-refractivity contribution in [2.24, 2.45) is 0 Å². The number of rotatable bonds is 3. The quantitative estimate of drug-likeness (QED) is 0.683. The number of hydrogen-bond donors (Lipinski definition) is 0. The first-order chi connectivity index (χ1) is 9.24. The fourth-order valence-electron chi connectivity index (χ4n) is 2.11. The maximum atomic E-state index is 12.4.